The molecule has 0 atom stereocenters. The Kier molecular flexibility index (Phi) is 5.61. The number of fused-ring (bicyclic) bond motifs is 3. The number of ether oxygens (including phenoxy) is 2. The molecule has 0 spiro atoms. The summed E-state index contributed by atoms with van der Waals surface area (Å²) >= 11 is 0. The molecule has 8 heteroatoms. The van der Waals surface area contributed by atoms with E-state index in [9.17, 15) is 9.59 Å². The summed E-state index contributed by atoms with van der Waals surface area (Å²) in [5, 5.41) is 0.881. The summed E-state index contributed by atoms with van der Waals surface area (Å²) in [6.45, 7) is 3.08. The summed E-state index contributed by atoms with van der Waals surface area (Å²) in [5.74, 6) is -0.233. The topological polar surface area (TPSA) is 88.2 Å². The molecular weight excluding hydrogens is 468 g/mol. The average molecular weight is 495 g/mol. The van der Waals surface area contributed by atoms with Gasteiger partial charge in [-0.1, -0.05) is 24.3 Å². The number of aromatic nitrogens is 4. The second-order valence-electron chi connectivity index (χ2n) is 9.44. The van der Waals surface area contributed by atoms with Crippen molar-refractivity contribution in [3.05, 3.63) is 89.2 Å². The van der Waals surface area contributed by atoms with E-state index in [2.05, 4.69) is 16.0 Å². The Hall–Kier alpha value is -4.30. The van der Waals surface area contributed by atoms with Gasteiger partial charge in [0.15, 0.2) is 0 Å². The van der Waals surface area contributed by atoms with Gasteiger partial charge in [0.25, 0.3) is 0 Å². The van der Waals surface area contributed by atoms with Gasteiger partial charge in [-0.25, -0.2) is 4.79 Å². The van der Waals surface area contributed by atoms with Gasteiger partial charge in [-0.15, -0.1) is 0 Å². The SMILES string of the molecule is CCOC(=O)CC1(c2ccc(-n3c(=O)n(C)c4cnc5ccc(-c6cccnc6)cc5c43)cc2)COC1. The molecule has 0 bridgehead atoms. The molecule has 0 amide bonds. The molecule has 0 aliphatic carbocycles. The van der Waals surface area contributed by atoms with E-state index >= 15 is 0 Å². The fourth-order valence-electron chi connectivity index (χ4n) is 5.12. The zero-order valence-electron chi connectivity index (χ0n) is 20.7. The Morgan fingerprint density at radius 1 is 1.08 bits per heavy atom. The molecule has 3 aromatic heterocycles. The second-order valence-corrected chi connectivity index (χ2v) is 9.44. The van der Waals surface area contributed by atoms with Crippen LogP contribution in [0.25, 0.3) is 38.8 Å². The third-order valence-corrected chi connectivity index (χ3v) is 7.16. The fourth-order valence-corrected chi connectivity index (χ4v) is 5.12. The number of pyridine rings is 2. The van der Waals surface area contributed by atoms with Crippen LogP contribution in [0.2, 0.25) is 0 Å². The first-order valence-corrected chi connectivity index (χ1v) is 12.3. The standard InChI is InChI=1S/C29H26N4O4/c1-3-37-26(34)14-29(17-36-18-29)21-7-9-22(10-8-21)33-27-23-13-19(20-5-4-12-30-15-20)6-11-24(23)31-16-25(27)32(2)28(33)35/h4-13,15-16H,3,14,17-18H2,1-2H3. The van der Waals surface area contributed by atoms with Crippen LogP contribution in [0.4, 0.5) is 0 Å². The number of carbonyl (C=O) groups is 1. The Balaban J connectivity index is 1.48. The lowest BCUT2D eigenvalue weighted by Gasteiger charge is -2.41. The number of rotatable bonds is 6. The van der Waals surface area contributed by atoms with Gasteiger partial charge in [-0.2, -0.15) is 0 Å². The average Bonchev–Trinajstić information content (AvgIpc) is 3.17. The minimum absolute atomic E-state index is 0.156. The highest BCUT2D eigenvalue weighted by atomic mass is 16.5. The van der Waals surface area contributed by atoms with Crippen LogP contribution < -0.4 is 5.69 Å². The summed E-state index contributed by atoms with van der Waals surface area (Å²) in [7, 11) is 1.76. The Morgan fingerprint density at radius 2 is 1.89 bits per heavy atom. The smallest absolute Gasteiger partial charge is 0.333 e. The summed E-state index contributed by atoms with van der Waals surface area (Å²) in [5.41, 5.74) is 5.51. The summed E-state index contributed by atoms with van der Waals surface area (Å²) < 4.78 is 14.0. The molecule has 0 radical (unpaired) electrons. The number of imidazole rings is 1. The quantitative estimate of drug-likeness (QED) is 0.330. The summed E-state index contributed by atoms with van der Waals surface area (Å²) in [4.78, 5) is 34.5. The lowest BCUT2D eigenvalue weighted by molar-refractivity contribution is -0.151. The number of nitrogens with zero attached hydrogens (tertiary/aromatic N) is 4. The van der Waals surface area contributed by atoms with Gasteiger partial charge in [0.1, 0.15) is 0 Å². The maximum Gasteiger partial charge on any atom is 0.333 e. The monoisotopic (exact) mass is 494 g/mol. The normalized spacial score (nSPS) is 14.5. The first-order chi connectivity index (χ1) is 18.0. The molecule has 0 saturated carbocycles. The number of esters is 1. The van der Waals surface area contributed by atoms with Crippen molar-refractivity contribution >= 4 is 27.9 Å². The van der Waals surface area contributed by atoms with E-state index in [1.54, 1.807) is 35.5 Å². The van der Waals surface area contributed by atoms with Crippen LogP contribution in [-0.2, 0) is 26.7 Å². The van der Waals surface area contributed by atoms with Crippen LogP contribution in [0.15, 0.2) is 78.0 Å². The predicted molar refractivity (Wildman–Crippen MR) is 141 cm³/mol. The molecule has 1 fully saturated rings. The van der Waals surface area contributed by atoms with Gasteiger partial charge >= 0.3 is 11.7 Å². The van der Waals surface area contributed by atoms with E-state index in [1.807, 2.05) is 54.7 Å². The lowest BCUT2D eigenvalue weighted by Crippen LogP contribution is -2.48. The number of carbonyl (C=O) groups excluding carboxylic acids is 1. The lowest BCUT2D eigenvalue weighted by atomic mass is 9.76. The molecule has 4 heterocycles. The van der Waals surface area contributed by atoms with Crippen molar-refractivity contribution in [3.63, 3.8) is 0 Å². The number of aryl methyl sites for hydroxylation is 1. The van der Waals surface area contributed by atoms with E-state index in [1.165, 1.54) is 0 Å². The summed E-state index contributed by atoms with van der Waals surface area (Å²) in [6, 6.07) is 17.8. The highest BCUT2D eigenvalue weighted by Crippen LogP contribution is 2.37. The predicted octanol–water partition coefficient (Wildman–Crippen LogP) is 4.16. The maximum absolute atomic E-state index is 13.5. The van der Waals surface area contributed by atoms with Gasteiger partial charge in [0, 0.05) is 30.4 Å². The Bertz CT molecular complexity index is 1680. The molecule has 8 nitrogen and oxygen atoms in total. The molecule has 2 aromatic carbocycles. The highest BCUT2D eigenvalue weighted by molar-refractivity contribution is 6.04. The van der Waals surface area contributed by atoms with Gasteiger partial charge in [0.2, 0.25) is 0 Å². The largest absolute Gasteiger partial charge is 0.466 e. The zero-order valence-corrected chi connectivity index (χ0v) is 20.7. The van der Waals surface area contributed by atoms with Crippen LogP contribution >= 0.6 is 0 Å². The second kappa shape index (κ2) is 8.97. The van der Waals surface area contributed by atoms with Gasteiger partial charge in [-0.05, 0) is 48.4 Å². The van der Waals surface area contributed by atoms with Crippen molar-refractivity contribution in [3.8, 4) is 16.8 Å². The number of hydrogen-bond donors (Lipinski definition) is 0. The van der Waals surface area contributed by atoms with Crippen LogP contribution in [-0.4, -0.2) is 44.9 Å². The molecule has 186 valence electrons. The van der Waals surface area contributed by atoms with Gasteiger partial charge in [-0.3, -0.25) is 23.9 Å². The number of hydrogen-bond acceptors (Lipinski definition) is 6. The molecule has 1 aliphatic rings. The Labute approximate surface area is 213 Å². The van der Waals surface area contributed by atoms with Gasteiger partial charge in [0.05, 0.1) is 60.1 Å². The highest BCUT2D eigenvalue weighted by Gasteiger charge is 2.42. The third kappa shape index (κ3) is 3.81. The van der Waals surface area contributed by atoms with Crippen LogP contribution in [0.3, 0.4) is 0 Å². The summed E-state index contributed by atoms with van der Waals surface area (Å²) in [6.07, 6.45) is 5.58. The molecular formula is C29H26N4O4. The maximum atomic E-state index is 13.5. The molecule has 1 aliphatic heterocycles. The third-order valence-electron chi connectivity index (χ3n) is 7.16. The minimum Gasteiger partial charge on any atom is -0.466 e. The first kappa shape index (κ1) is 23.1. The molecule has 5 aromatic rings. The van der Waals surface area contributed by atoms with Crippen LogP contribution in [0, 0.1) is 0 Å². The van der Waals surface area contributed by atoms with Crippen molar-refractivity contribution in [2.24, 2.45) is 7.05 Å². The first-order valence-electron chi connectivity index (χ1n) is 12.3. The van der Waals surface area contributed by atoms with Crippen molar-refractivity contribution in [2.75, 3.05) is 19.8 Å². The van der Waals surface area contributed by atoms with Crippen molar-refractivity contribution in [1.82, 2.24) is 19.1 Å². The fraction of sp³-hybridized carbons (Fsp3) is 0.241. The molecule has 0 N–H and O–H groups in total. The van der Waals surface area contributed by atoms with E-state index in [0.29, 0.717) is 19.8 Å². The molecule has 1 saturated heterocycles. The van der Waals surface area contributed by atoms with E-state index in [0.717, 1.165) is 44.3 Å². The van der Waals surface area contributed by atoms with E-state index in [-0.39, 0.29) is 18.1 Å². The van der Waals surface area contributed by atoms with Gasteiger partial charge < -0.3 is 9.47 Å². The van der Waals surface area contributed by atoms with Crippen LogP contribution in [0.1, 0.15) is 18.9 Å². The zero-order chi connectivity index (χ0) is 25.6. The van der Waals surface area contributed by atoms with Crippen molar-refractivity contribution < 1.29 is 14.3 Å². The molecule has 6 rings (SSSR count). The van der Waals surface area contributed by atoms with E-state index < -0.39 is 5.41 Å². The molecule has 0 unspecified atom stereocenters. The van der Waals surface area contributed by atoms with Crippen molar-refractivity contribution in [1.29, 1.82) is 0 Å². The Morgan fingerprint density at radius 3 is 2.57 bits per heavy atom. The van der Waals surface area contributed by atoms with Crippen LogP contribution in [0.5, 0.6) is 0 Å². The minimum atomic E-state index is -0.399. The van der Waals surface area contributed by atoms with Crippen molar-refractivity contribution in [2.45, 2.75) is 18.8 Å². The number of benzene rings is 2. The van der Waals surface area contributed by atoms with E-state index in [4.69, 9.17) is 9.47 Å². The molecule has 37 heavy (non-hydrogen) atoms.